The van der Waals surface area contributed by atoms with Gasteiger partial charge in [0.1, 0.15) is 11.9 Å². The number of nitrogens with two attached hydrogens (primary N) is 1. The number of terminal acetylenes is 1. The van der Waals surface area contributed by atoms with Crippen molar-refractivity contribution in [1.29, 1.82) is 0 Å². The quantitative estimate of drug-likeness (QED) is 0.738. The fourth-order valence-electron chi connectivity index (χ4n) is 1.42. The van der Waals surface area contributed by atoms with Crippen LogP contribution in [0, 0.1) is 18.2 Å². The molecule has 2 amide bonds. The molecular formula is C13H13FN2O2. The van der Waals surface area contributed by atoms with Crippen LogP contribution in [0.5, 0.6) is 0 Å². The van der Waals surface area contributed by atoms with Crippen molar-refractivity contribution in [3.05, 3.63) is 35.6 Å². The van der Waals surface area contributed by atoms with E-state index in [2.05, 4.69) is 11.2 Å². The molecule has 5 heteroatoms. The molecule has 18 heavy (non-hydrogen) atoms. The highest BCUT2D eigenvalue weighted by Gasteiger charge is 2.16. The standard InChI is InChI=1S/C13H13FN2O2/c1-2-4-11(13(15)18)16-12(17)8-9-5-3-6-10(14)7-9/h1,3,5-7,11H,4,8H2,(H2,15,18)(H,16,17)/t11-/m0/s1. The Morgan fingerprint density at radius 3 is 2.78 bits per heavy atom. The largest absolute Gasteiger partial charge is 0.368 e. The van der Waals surface area contributed by atoms with Crippen LogP contribution in [-0.4, -0.2) is 17.9 Å². The zero-order valence-electron chi connectivity index (χ0n) is 9.65. The average molecular weight is 248 g/mol. The summed E-state index contributed by atoms with van der Waals surface area (Å²) in [6.45, 7) is 0. The maximum atomic E-state index is 12.9. The van der Waals surface area contributed by atoms with E-state index < -0.39 is 23.7 Å². The number of hydrogen-bond donors (Lipinski definition) is 2. The van der Waals surface area contributed by atoms with E-state index in [1.807, 2.05) is 0 Å². The number of carbonyl (C=O) groups excluding carboxylic acids is 2. The topological polar surface area (TPSA) is 72.2 Å². The maximum absolute atomic E-state index is 12.9. The number of primary amides is 1. The minimum absolute atomic E-state index is 0.0320. The van der Waals surface area contributed by atoms with Gasteiger partial charge in [0.2, 0.25) is 11.8 Å². The lowest BCUT2D eigenvalue weighted by Gasteiger charge is -2.12. The van der Waals surface area contributed by atoms with Gasteiger partial charge < -0.3 is 11.1 Å². The first-order valence-electron chi connectivity index (χ1n) is 5.29. The minimum Gasteiger partial charge on any atom is -0.368 e. The molecule has 0 saturated heterocycles. The van der Waals surface area contributed by atoms with Gasteiger partial charge in [0.05, 0.1) is 6.42 Å². The fraction of sp³-hybridized carbons (Fsp3) is 0.231. The SMILES string of the molecule is C#CC[C@H](NC(=O)Cc1cccc(F)c1)C(N)=O. The van der Waals surface area contributed by atoms with E-state index >= 15 is 0 Å². The summed E-state index contributed by atoms with van der Waals surface area (Å²) in [6, 6.07) is 4.76. The van der Waals surface area contributed by atoms with Gasteiger partial charge in [-0.2, -0.15) is 0 Å². The summed E-state index contributed by atoms with van der Waals surface area (Å²) in [5, 5.41) is 2.41. The van der Waals surface area contributed by atoms with Gasteiger partial charge in [-0.15, -0.1) is 12.3 Å². The number of benzene rings is 1. The Morgan fingerprint density at radius 2 is 2.22 bits per heavy atom. The Labute approximate surface area is 104 Å². The Hall–Kier alpha value is -2.35. The van der Waals surface area contributed by atoms with Gasteiger partial charge in [0.25, 0.3) is 0 Å². The first-order chi connectivity index (χ1) is 8.52. The number of carbonyl (C=O) groups is 2. The van der Waals surface area contributed by atoms with Gasteiger partial charge in [-0.25, -0.2) is 4.39 Å². The van der Waals surface area contributed by atoms with Crippen LogP contribution in [0.15, 0.2) is 24.3 Å². The molecule has 0 fully saturated rings. The molecule has 0 unspecified atom stereocenters. The van der Waals surface area contributed by atoms with Crippen LogP contribution < -0.4 is 11.1 Å². The highest BCUT2D eigenvalue weighted by atomic mass is 19.1. The second kappa shape index (κ2) is 6.40. The summed E-state index contributed by atoms with van der Waals surface area (Å²) in [7, 11) is 0. The van der Waals surface area contributed by atoms with Crippen molar-refractivity contribution in [2.45, 2.75) is 18.9 Å². The van der Waals surface area contributed by atoms with E-state index in [0.29, 0.717) is 5.56 Å². The van der Waals surface area contributed by atoms with Gasteiger partial charge in [-0.3, -0.25) is 9.59 Å². The van der Waals surface area contributed by atoms with Crippen LogP contribution in [-0.2, 0) is 16.0 Å². The molecule has 0 aliphatic heterocycles. The molecule has 94 valence electrons. The third kappa shape index (κ3) is 4.26. The van der Waals surface area contributed by atoms with Crippen molar-refractivity contribution in [2.24, 2.45) is 5.73 Å². The molecule has 3 N–H and O–H groups in total. The summed E-state index contributed by atoms with van der Waals surface area (Å²) >= 11 is 0. The highest BCUT2D eigenvalue weighted by Crippen LogP contribution is 2.04. The first-order valence-corrected chi connectivity index (χ1v) is 5.29. The van der Waals surface area contributed by atoms with E-state index in [1.165, 1.54) is 18.2 Å². The van der Waals surface area contributed by atoms with E-state index in [4.69, 9.17) is 12.2 Å². The monoisotopic (exact) mass is 248 g/mol. The normalized spacial score (nSPS) is 11.3. The summed E-state index contributed by atoms with van der Waals surface area (Å²) in [5.41, 5.74) is 5.59. The first kappa shape index (κ1) is 13.7. The van der Waals surface area contributed by atoms with E-state index in [0.717, 1.165) is 0 Å². The summed E-state index contributed by atoms with van der Waals surface area (Å²) in [5.74, 6) is 0.706. The number of nitrogens with one attached hydrogen (secondary N) is 1. The second-order valence-electron chi connectivity index (χ2n) is 3.74. The predicted molar refractivity (Wildman–Crippen MR) is 64.7 cm³/mol. The predicted octanol–water partition coefficient (Wildman–Crippen LogP) is 0.362. The number of rotatable bonds is 5. The fourth-order valence-corrected chi connectivity index (χ4v) is 1.42. The third-order valence-corrected chi connectivity index (χ3v) is 2.25. The molecular weight excluding hydrogens is 235 g/mol. The van der Waals surface area contributed by atoms with Crippen molar-refractivity contribution in [2.75, 3.05) is 0 Å². The molecule has 1 aromatic rings. The number of hydrogen-bond acceptors (Lipinski definition) is 2. The molecule has 0 aromatic heterocycles. The Kier molecular flexibility index (Phi) is 4.88. The maximum Gasteiger partial charge on any atom is 0.240 e. The Morgan fingerprint density at radius 1 is 1.50 bits per heavy atom. The molecule has 1 atom stereocenters. The molecule has 0 aliphatic rings. The molecule has 0 aliphatic carbocycles. The van der Waals surface area contributed by atoms with E-state index in [-0.39, 0.29) is 12.8 Å². The Balaban J connectivity index is 2.61. The third-order valence-electron chi connectivity index (χ3n) is 2.25. The zero-order valence-corrected chi connectivity index (χ0v) is 9.65. The number of amides is 2. The molecule has 1 rings (SSSR count). The van der Waals surface area contributed by atoms with Crippen molar-refractivity contribution in [1.82, 2.24) is 5.32 Å². The molecule has 0 saturated carbocycles. The average Bonchev–Trinajstić information content (AvgIpc) is 2.28. The van der Waals surface area contributed by atoms with Crippen LogP contribution in [0.2, 0.25) is 0 Å². The molecule has 0 heterocycles. The van der Waals surface area contributed by atoms with Gasteiger partial charge in [0, 0.05) is 6.42 Å². The van der Waals surface area contributed by atoms with Crippen molar-refractivity contribution in [3.63, 3.8) is 0 Å². The van der Waals surface area contributed by atoms with Gasteiger partial charge in [-0.05, 0) is 17.7 Å². The van der Waals surface area contributed by atoms with Crippen LogP contribution >= 0.6 is 0 Å². The lowest BCUT2D eigenvalue weighted by atomic mass is 10.1. The van der Waals surface area contributed by atoms with Gasteiger partial charge in [-0.1, -0.05) is 12.1 Å². The van der Waals surface area contributed by atoms with E-state index in [1.54, 1.807) is 6.07 Å². The second-order valence-corrected chi connectivity index (χ2v) is 3.74. The van der Waals surface area contributed by atoms with Crippen LogP contribution in [0.25, 0.3) is 0 Å². The van der Waals surface area contributed by atoms with Crippen LogP contribution in [0.1, 0.15) is 12.0 Å². The van der Waals surface area contributed by atoms with Gasteiger partial charge in [0.15, 0.2) is 0 Å². The van der Waals surface area contributed by atoms with E-state index in [9.17, 15) is 14.0 Å². The summed E-state index contributed by atoms with van der Waals surface area (Å²) in [6.07, 6.45) is 5.05. The summed E-state index contributed by atoms with van der Waals surface area (Å²) < 4.78 is 12.9. The lowest BCUT2D eigenvalue weighted by Crippen LogP contribution is -2.44. The smallest absolute Gasteiger partial charge is 0.240 e. The molecule has 4 nitrogen and oxygen atoms in total. The van der Waals surface area contributed by atoms with Crippen molar-refractivity contribution < 1.29 is 14.0 Å². The number of halogens is 1. The van der Waals surface area contributed by atoms with Crippen molar-refractivity contribution in [3.8, 4) is 12.3 Å². The lowest BCUT2D eigenvalue weighted by molar-refractivity contribution is -0.126. The van der Waals surface area contributed by atoms with Crippen molar-refractivity contribution >= 4 is 11.8 Å². The molecule has 0 spiro atoms. The highest BCUT2D eigenvalue weighted by molar-refractivity contribution is 5.87. The van der Waals surface area contributed by atoms with Gasteiger partial charge >= 0.3 is 0 Å². The molecule has 0 radical (unpaired) electrons. The zero-order chi connectivity index (χ0) is 13.5. The van der Waals surface area contributed by atoms with Crippen LogP contribution in [0.4, 0.5) is 4.39 Å². The molecule has 0 bridgehead atoms. The summed E-state index contributed by atoms with van der Waals surface area (Å²) in [4.78, 5) is 22.6. The van der Waals surface area contributed by atoms with Crippen LogP contribution in [0.3, 0.4) is 0 Å². The molecule has 1 aromatic carbocycles. The Bertz CT molecular complexity index is 494. The minimum atomic E-state index is -0.893.